The van der Waals surface area contributed by atoms with Crippen LogP contribution in [0.2, 0.25) is 0 Å². The van der Waals surface area contributed by atoms with Gasteiger partial charge in [0.25, 0.3) is 0 Å². The molecule has 1 aliphatic carbocycles. The lowest BCUT2D eigenvalue weighted by Gasteiger charge is -2.20. The Hall–Kier alpha value is -1.06. The number of ether oxygens (including phenoxy) is 1. The molecule has 0 radical (unpaired) electrons. The topological polar surface area (TPSA) is 49.7 Å². The molecule has 24 heavy (non-hydrogen) atoms. The van der Waals surface area contributed by atoms with Crippen molar-refractivity contribution < 1.29 is 14.9 Å². The fourth-order valence-corrected chi connectivity index (χ4v) is 3.33. The molecule has 0 aromatic heterocycles. The lowest BCUT2D eigenvalue weighted by molar-refractivity contribution is 0.206. The van der Waals surface area contributed by atoms with Crippen molar-refractivity contribution in [3.05, 3.63) is 36.1 Å². The second kappa shape index (κ2) is 13.3. The SMILES string of the molecule is CCCCCC(O)/C=C/C(CCO)CC(C=COC)C1=CCCC1. The second-order valence-electron chi connectivity index (χ2n) is 6.80. The van der Waals surface area contributed by atoms with Crippen LogP contribution in [0.4, 0.5) is 0 Å². The summed E-state index contributed by atoms with van der Waals surface area (Å²) in [5.41, 5.74) is 1.49. The molecule has 3 atom stereocenters. The van der Waals surface area contributed by atoms with E-state index in [1.807, 2.05) is 6.08 Å². The predicted octanol–water partition coefficient (Wildman–Crippen LogP) is 4.76. The lowest BCUT2D eigenvalue weighted by atomic mass is 9.86. The largest absolute Gasteiger partial charge is 0.505 e. The van der Waals surface area contributed by atoms with Gasteiger partial charge in [-0.05, 0) is 50.5 Å². The van der Waals surface area contributed by atoms with Crippen LogP contribution in [0.1, 0.15) is 64.7 Å². The number of aliphatic hydroxyl groups is 2. The van der Waals surface area contributed by atoms with Gasteiger partial charge in [0, 0.05) is 12.5 Å². The summed E-state index contributed by atoms with van der Waals surface area (Å²) in [6, 6.07) is 0. The second-order valence-corrected chi connectivity index (χ2v) is 6.80. The summed E-state index contributed by atoms with van der Waals surface area (Å²) in [7, 11) is 1.67. The number of hydrogen-bond acceptors (Lipinski definition) is 3. The number of allylic oxidation sites excluding steroid dienone is 4. The normalized spacial score (nSPS) is 18.9. The van der Waals surface area contributed by atoms with Crippen LogP contribution < -0.4 is 0 Å². The van der Waals surface area contributed by atoms with Crippen LogP contribution >= 0.6 is 0 Å². The van der Waals surface area contributed by atoms with Gasteiger partial charge in [-0.15, -0.1) is 0 Å². The molecule has 2 N–H and O–H groups in total. The molecule has 3 nitrogen and oxygen atoms in total. The number of aliphatic hydroxyl groups excluding tert-OH is 2. The first-order valence-corrected chi connectivity index (χ1v) is 9.56. The quantitative estimate of drug-likeness (QED) is 0.290. The van der Waals surface area contributed by atoms with Crippen molar-refractivity contribution in [2.45, 2.75) is 70.8 Å². The van der Waals surface area contributed by atoms with Gasteiger partial charge in [0.15, 0.2) is 0 Å². The van der Waals surface area contributed by atoms with E-state index in [-0.39, 0.29) is 18.6 Å². The molecule has 0 spiro atoms. The van der Waals surface area contributed by atoms with Crippen LogP contribution in [0, 0.1) is 11.8 Å². The minimum Gasteiger partial charge on any atom is -0.505 e. The van der Waals surface area contributed by atoms with Crippen molar-refractivity contribution in [2.24, 2.45) is 11.8 Å². The highest BCUT2D eigenvalue weighted by Crippen LogP contribution is 2.32. The summed E-state index contributed by atoms with van der Waals surface area (Å²) in [5.74, 6) is 0.648. The van der Waals surface area contributed by atoms with E-state index in [4.69, 9.17) is 4.74 Å². The van der Waals surface area contributed by atoms with E-state index in [2.05, 4.69) is 25.2 Å². The van der Waals surface area contributed by atoms with Gasteiger partial charge in [-0.3, -0.25) is 0 Å². The fourth-order valence-electron chi connectivity index (χ4n) is 3.33. The van der Waals surface area contributed by atoms with Crippen molar-refractivity contribution in [1.29, 1.82) is 0 Å². The predicted molar refractivity (Wildman–Crippen MR) is 101 cm³/mol. The highest BCUT2D eigenvalue weighted by atomic mass is 16.5. The summed E-state index contributed by atoms with van der Waals surface area (Å²) in [5, 5.41) is 19.5. The number of hydrogen-bond donors (Lipinski definition) is 2. The van der Waals surface area contributed by atoms with E-state index in [1.165, 1.54) is 31.3 Å². The van der Waals surface area contributed by atoms with Crippen molar-refractivity contribution in [3.8, 4) is 0 Å². The first kappa shape index (κ1) is 21.0. The summed E-state index contributed by atoms with van der Waals surface area (Å²) >= 11 is 0. The van der Waals surface area contributed by atoms with Crippen molar-refractivity contribution >= 4 is 0 Å². The van der Waals surface area contributed by atoms with Gasteiger partial charge in [-0.2, -0.15) is 0 Å². The molecule has 1 aliphatic rings. The number of methoxy groups -OCH3 is 1. The smallest absolute Gasteiger partial charge is 0.0790 e. The van der Waals surface area contributed by atoms with Gasteiger partial charge in [0.05, 0.1) is 19.5 Å². The van der Waals surface area contributed by atoms with Gasteiger partial charge < -0.3 is 14.9 Å². The Kier molecular flexibility index (Phi) is 11.6. The summed E-state index contributed by atoms with van der Waals surface area (Å²) in [6.45, 7) is 2.35. The highest BCUT2D eigenvalue weighted by molar-refractivity contribution is 5.17. The summed E-state index contributed by atoms with van der Waals surface area (Å²) < 4.78 is 5.11. The minimum atomic E-state index is -0.364. The Bertz CT molecular complexity index is 398. The molecule has 138 valence electrons. The average Bonchev–Trinajstić information content (AvgIpc) is 3.11. The summed E-state index contributed by atoms with van der Waals surface area (Å²) in [6.07, 6.45) is 19.4. The van der Waals surface area contributed by atoms with E-state index < -0.39 is 0 Å². The lowest BCUT2D eigenvalue weighted by Crippen LogP contribution is -2.10. The van der Waals surface area contributed by atoms with E-state index in [0.717, 1.165) is 32.1 Å². The molecule has 3 heteroatoms. The zero-order valence-electron chi connectivity index (χ0n) is 15.5. The Morgan fingerprint density at radius 1 is 1.21 bits per heavy atom. The standard InChI is InChI=1S/C21H36O3/c1-3-4-5-10-21(23)12-11-18(13-15-22)17-20(14-16-24-2)19-8-6-7-9-19/h8,11-12,14,16,18,20-23H,3-7,9-10,13,15,17H2,1-2H3/b12-11+,16-14?. The van der Waals surface area contributed by atoms with E-state index >= 15 is 0 Å². The van der Waals surface area contributed by atoms with Crippen LogP contribution in [0.3, 0.4) is 0 Å². The van der Waals surface area contributed by atoms with Gasteiger partial charge in [-0.25, -0.2) is 0 Å². The monoisotopic (exact) mass is 336 g/mol. The molecule has 0 saturated heterocycles. The molecular weight excluding hydrogens is 300 g/mol. The minimum absolute atomic E-state index is 0.181. The van der Waals surface area contributed by atoms with Crippen molar-refractivity contribution in [3.63, 3.8) is 0 Å². The maximum Gasteiger partial charge on any atom is 0.0790 e. The van der Waals surface area contributed by atoms with Crippen LogP contribution in [-0.2, 0) is 4.74 Å². The third kappa shape index (κ3) is 8.70. The van der Waals surface area contributed by atoms with Gasteiger partial charge in [0.1, 0.15) is 0 Å². The van der Waals surface area contributed by atoms with Crippen LogP contribution in [-0.4, -0.2) is 30.0 Å². The number of rotatable bonds is 13. The molecule has 0 aliphatic heterocycles. The van der Waals surface area contributed by atoms with Gasteiger partial charge >= 0.3 is 0 Å². The molecule has 1 rings (SSSR count). The Morgan fingerprint density at radius 3 is 2.67 bits per heavy atom. The Labute approximate surface area is 148 Å². The first-order chi connectivity index (χ1) is 11.7. The number of unbranched alkanes of at least 4 members (excludes halogenated alkanes) is 2. The maximum absolute atomic E-state index is 10.1. The zero-order chi connectivity index (χ0) is 17.6. The fraction of sp³-hybridized carbons (Fsp3) is 0.714. The molecule has 0 saturated carbocycles. The molecule has 0 aromatic carbocycles. The molecule has 0 amide bonds. The molecular formula is C21H36O3. The molecule has 0 fully saturated rings. The molecule has 3 unspecified atom stereocenters. The summed E-state index contributed by atoms with van der Waals surface area (Å²) in [4.78, 5) is 0. The van der Waals surface area contributed by atoms with Crippen molar-refractivity contribution in [1.82, 2.24) is 0 Å². The van der Waals surface area contributed by atoms with Gasteiger partial charge in [-0.1, -0.05) is 50.0 Å². The third-order valence-corrected chi connectivity index (χ3v) is 4.76. The van der Waals surface area contributed by atoms with E-state index in [0.29, 0.717) is 5.92 Å². The maximum atomic E-state index is 10.1. The Balaban J connectivity index is 2.61. The van der Waals surface area contributed by atoms with Crippen molar-refractivity contribution in [2.75, 3.05) is 13.7 Å². The van der Waals surface area contributed by atoms with Crippen LogP contribution in [0.5, 0.6) is 0 Å². The molecule has 0 bridgehead atoms. The van der Waals surface area contributed by atoms with Gasteiger partial charge in [0.2, 0.25) is 0 Å². The van der Waals surface area contributed by atoms with E-state index in [1.54, 1.807) is 13.4 Å². The first-order valence-electron chi connectivity index (χ1n) is 9.56. The molecule has 0 aromatic rings. The Morgan fingerprint density at radius 2 is 2.04 bits per heavy atom. The van der Waals surface area contributed by atoms with Crippen LogP contribution in [0.25, 0.3) is 0 Å². The zero-order valence-corrected chi connectivity index (χ0v) is 15.5. The third-order valence-electron chi connectivity index (χ3n) is 4.76. The van der Waals surface area contributed by atoms with Crippen LogP contribution in [0.15, 0.2) is 36.1 Å². The highest BCUT2D eigenvalue weighted by Gasteiger charge is 2.18. The van der Waals surface area contributed by atoms with E-state index in [9.17, 15) is 10.2 Å². The average molecular weight is 337 g/mol. The molecule has 0 heterocycles.